The molecule has 0 radical (unpaired) electrons. The van der Waals surface area contributed by atoms with E-state index in [9.17, 15) is 6.65 Å². The maximum atomic E-state index is 11.2. The van der Waals surface area contributed by atoms with Crippen LogP contribution in [0.15, 0.2) is 34.2 Å². The zero-order valence-corrected chi connectivity index (χ0v) is 9.97. The number of nitrogens with zero attached hydrogens (tertiary/aromatic N) is 1. The molecule has 0 spiro atoms. The molecule has 0 amide bonds. The van der Waals surface area contributed by atoms with E-state index in [1.54, 1.807) is 6.21 Å². The van der Waals surface area contributed by atoms with Crippen LogP contribution in [0.25, 0.3) is 0 Å². The molecule has 1 unspecified atom stereocenters. The Morgan fingerprint density at radius 2 is 2.07 bits per heavy atom. The number of benzene rings is 1. The van der Waals surface area contributed by atoms with Crippen molar-refractivity contribution < 1.29 is 23.2 Å². The quantitative estimate of drug-likeness (QED) is 0.603. The van der Waals surface area contributed by atoms with Crippen molar-refractivity contribution in [2.45, 2.75) is 4.90 Å². The van der Waals surface area contributed by atoms with Crippen LogP contribution in [0, 0.1) is 0 Å². The van der Waals surface area contributed by atoms with E-state index < -0.39 is 25.0 Å². The van der Waals surface area contributed by atoms with Gasteiger partial charge in [-0.25, -0.2) is 0 Å². The zero-order chi connectivity index (χ0) is 9.97. The summed E-state index contributed by atoms with van der Waals surface area (Å²) in [5, 5.41) is 0. The first-order valence-corrected chi connectivity index (χ1v) is 9.26. The molecule has 14 heavy (non-hydrogen) atoms. The average Bonchev–Trinajstić information content (AvgIpc) is 2.39. The molecule has 73 valence electrons. The molecule has 0 aromatic heterocycles. The Labute approximate surface area is 89.7 Å². The van der Waals surface area contributed by atoms with E-state index in [2.05, 4.69) is 4.99 Å². The monoisotopic (exact) mass is 244 g/mol. The van der Waals surface area contributed by atoms with Gasteiger partial charge in [-0.05, 0) is 0 Å². The van der Waals surface area contributed by atoms with Crippen molar-refractivity contribution in [2.24, 2.45) is 4.99 Å². The van der Waals surface area contributed by atoms with Gasteiger partial charge in [0, 0.05) is 0 Å². The van der Waals surface area contributed by atoms with Crippen molar-refractivity contribution in [3.63, 3.8) is 0 Å². The number of rotatable bonds is 1. The van der Waals surface area contributed by atoms with Gasteiger partial charge in [-0.2, -0.15) is 0 Å². The molecule has 0 aliphatic carbocycles. The summed E-state index contributed by atoms with van der Waals surface area (Å²) in [6.45, 7) is 0.640. The SMILES string of the molecule is [O]=[Ti](=[O])[SH]1CCN=Cc2ccccc21. The fourth-order valence-electron chi connectivity index (χ4n) is 1.47. The first-order chi connectivity index (χ1) is 6.79. The van der Waals surface area contributed by atoms with Crippen LogP contribution in [-0.2, 0) is 23.2 Å². The second-order valence-electron chi connectivity index (χ2n) is 3.01. The Hall–Kier alpha value is -0.446. The van der Waals surface area contributed by atoms with Crippen molar-refractivity contribution in [1.82, 2.24) is 0 Å². The van der Waals surface area contributed by atoms with Crippen LogP contribution in [0.3, 0.4) is 0 Å². The number of thiol groups is 1. The van der Waals surface area contributed by atoms with E-state index in [-0.39, 0.29) is 0 Å². The van der Waals surface area contributed by atoms with Gasteiger partial charge in [-0.3, -0.25) is 0 Å². The van der Waals surface area contributed by atoms with Crippen LogP contribution < -0.4 is 0 Å². The van der Waals surface area contributed by atoms with Crippen molar-refractivity contribution in [2.75, 3.05) is 12.3 Å². The van der Waals surface area contributed by atoms with Gasteiger partial charge < -0.3 is 0 Å². The predicted octanol–water partition coefficient (Wildman–Crippen LogP) is 1.70. The van der Waals surface area contributed by atoms with Crippen LogP contribution in [0.4, 0.5) is 0 Å². The molecule has 0 N–H and O–H groups in total. The fraction of sp³-hybridized carbons (Fsp3) is 0.222. The third-order valence-corrected chi connectivity index (χ3v) is 8.45. The second-order valence-corrected chi connectivity index (χ2v) is 9.66. The Balaban J connectivity index is 2.53. The Kier molecular flexibility index (Phi) is 3.16. The van der Waals surface area contributed by atoms with E-state index in [0.29, 0.717) is 12.3 Å². The minimum absolute atomic E-state index is 0.640. The number of hydrogen-bond acceptors (Lipinski definition) is 3. The van der Waals surface area contributed by atoms with Gasteiger partial charge in [-0.15, -0.1) is 0 Å². The minimum atomic E-state index is -3.29. The van der Waals surface area contributed by atoms with Crippen molar-refractivity contribution in [3.05, 3.63) is 29.8 Å². The summed E-state index contributed by atoms with van der Waals surface area (Å²) in [6.07, 6.45) is 1.79. The molecule has 2 rings (SSSR count). The average molecular weight is 244 g/mol. The number of fused-ring (bicyclic) bond motifs is 1. The molecule has 1 heterocycles. The molecule has 1 aromatic rings. The molecule has 1 aliphatic rings. The third-order valence-electron chi connectivity index (χ3n) is 2.13. The molecule has 0 saturated carbocycles. The normalized spacial score (nSPS) is 22.4. The maximum absolute atomic E-state index is 11.2. The van der Waals surface area contributed by atoms with Gasteiger partial charge in [0.15, 0.2) is 0 Å². The van der Waals surface area contributed by atoms with E-state index in [0.717, 1.165) is 10.5 Å². The van der Waals surface area contributed by atoms with Crippen molar-refractivity contribution in [1.29, 1.82) is 0 Å². The van der Waals surface area contributed by atoms with Gasteiger partial charge in [0.25, 0.3) is 0 Å². The molecular weight excluding hydrogens is 234 g/mol. The fourth-order valence-corrected chi connectivity index (χ4v) is 6.32. The molecule has 0 bridgehead atoms. The van der Waals surface area contributed by atoms with Gasteiger partial charge in [0.1, 0.15) is 0 Å². The van der Waals surface area contributed by atoms with Crippen LogP contribution in [0.2, 0.25) is 0 Å². The van der Waals surface area contributed by atoms with Gasteiger partial charge in [0.2, 0.25) is 0 Å². The molecule has 5 heteroatoms. The van der Waals surface area contributed by atoms with Crippen LogP contribution >= 0.6 is 8.48 Å². The van der Waals surface area contributed by atoms with Gasteiger partial charge in [-0.1, -0.05) is 0 Å². The predicted molar refractivity (Wildman–Crippen MR) is 52.4 cm³/mol. The summed E-state index contributed by atoms with van der Waals surface area (Å²) in [5.74, 6) is 0.700. The number of aliphatic imine (C=N–C) groups is 1. The van der Waals surface area contributed by atoms with Crippen LogP contribution in [0.5, 0.6) is 0 Å². The summed E-state index contributed by atoms with van der Waals surface area (Å²) in [7, 11) is -0.943. The summed E-state index contributed by atoms with van der Waals surface area (Å²) < 4.78 is 22.4. The van der Waals surface area contributed by atoms with E-state index >= 15 is 0 Å². The van der Waals surface area contributed by atoms with E-state index in [1.165, 1.54) is 0 Å². The summed E-state index contributed by atoms with van der Waals surface area (Å²) in [6, 6.07) is 7.66. The van der Waals surface area contributed by atoms with Crippen molar-refractivity contribution >= 4 is 14.7 Å². The standard InChI is InChI=1S/C9H9NS.2O.Ti/c1-2-4-9-8(3-1)7-10-5-6-11-9;;;/h1-4,7H,5-6H2;;;/q;;;-1/p+1. The molecular formula is C9H10NO2STi. The van der Waals surface area contributed by atoms with Gasteiger partial charge >= 0.3 is 89.9 Å². The first kappa shape index (κ1) is 10.1. The van der Waals surface area contributed by atoms with E-state index in [4.69, 9.17) is 0 Å². The van der Waals surface area contributed by atoms with Gasteiger partial charge in [0.05, 0.1) is 0 Å². The van der Waals surface area contributed by atoms with Crippen molar-refractivity contribution in [3.8, 4) is 0 Å². The molecule has 1 aliphatic heterocycles. The Morgan fingerprint density at radius 3 is 2.86 bits per heavy atom. The molecule has 1 aromatic carbocycles. The number of hydrogen-bond donors (Lipinski definition) is 1. The molecule has 0 fully saturated rings. The molecule has 1 atom stereocenters. The Bertz CT molecular complexity index is 434. The second kappa shape index (κ2) is 4.38. The summed E-state index contributed by atoms with van der Waals surface area (Å²) >= 11 is -3.29. The van der Waals surface area contributed by atoms with Crippen LogP contribution in [-0.4, -0.2) is 18.5 Å². The zero-order valence-electron chi connectivity index (χ0n) is 7.51. The molecule has 0 saturated heterocycles. The first-order valence-electron chi connectivity index (χ1n) is 4.36. The van der Waals surface area contributed by atoms with Crippen LogP contribution in [0.1, 0.15) is 5.56 Å². The topological polar surface area (TPSA) is 46.5 Å². The molecule has 3 nitrogen and oxygen atoms in total. The summed E-state index contributed by atoms with van der Waals surface area (Å²) in [4.78, 5) is 5.17. The summed E-state index contributed by atoms with van der Waals surface area (Å²) in [5.41, 5.74) is 0.979. The van der Waals surface area contributed by atoms with E-state index in [1.807, 2.05) is 24.3 Å². The Morgan fingerprint density at radius 1 is 1.29 bits per heavy atom. The third kappa shape index (κ3) is 1.97.